The smallest absolute Gasteiger partial charge is 0.743 e. The molecule has 0 aromatic carbocycles. The van der Waals surface area contributed by atoms with Crippen LogP contribution in [0.5, 0.6) is 0 Å². The first kappa shape index (κ1) is 29.0. The first-order valence-electron chi connectivity index (χ1n) is 3.83. The Kier molecular flexibility index (Phi) is 9.90. The van der Waals surface area contributed by atoms with E-state index in [1.807, 2.05) is 0 Å². The van der Waals surface area contributed by atoms with Crippen molar-refractivity contribution < 1.29 is 125 Å². The molecule has 0 aromatic rings. The van der Waals surface area contributed by atoms with E-state index in [0.717, 1.165) is 0 Å². The molecule has 0 saturated heterocycles. The molecule has 0 unspecified atom stereocenters. The van der Waals surface area contributed by atoms with Gasteiger partial charge in [0.1, 0.15) is 0 Å². The van der Waals surface area contributed by atoms with Crippen LogP contribution in [-0.2, 0) is 25.0 Å². The summed E-state index contributed by atoms with van der Waals surface area (Å²) in [5, 5.41) is -13.9. The Balaban J connectivity index is -0.00000200. The summed E-state index contributed by atoms with van der Waals surface area (Å²) in [4.78, 5) is 0. The van der Waals surface area contributed by atoms with Crippen LogP contribution < -0.4 is 59.1 Å². The Morgan fingerprint density at radius 3 is 0.913 bits per heavy atom. The summed E-state index contributed by atoms with van der Waals surface area (Å²) >= 11 is 0. The molecule has 0 aromatic heterocycles. The van der Waals surface area contributed by atoms with Crippen molar-refractivity contribution in [2.75, 3.05) is 0 Å². The maximum absolute atomic E-state index is 12.5. The maximum atomic E-state index is 12.5. The van der Waals surface area contributed by atoms with E-state index >= 15 is 0 Å². The van der Waals surface area contributed by atoms with Gasteiger partial charge < -0.3 is 9.11 Å². The molecule has 128 valence electrons. The van der Waals surface area contributed by atoms with E-state index in [1.54, 1.807) is 0 Å². The van der Waals surface area contributed by atoms with E-state index < -0.39 is 43.0 Å². The second-order valence-electron chi connectivity index (χ2n) is 3.08. The molecule has 0 amide bonds. The summed E-state index contributed by atoms with van der Waals surface area (Å²) in [6.07, 6.45) is -14.2. The molecule has 0 aliphatic rings. The minimum Gasteiger partial charge on any atom is -0.743 e. The molecule has 0 heterocycles. The van der Waals surface area contributed by atoms with Crippen molar-refractivity contribution in [3.05, 3.63) is 0 Å². The molecule has 0 fully saturated rings. The molecule has 0 spiro atoms. The van der Waals surface area contributed by atoms with Crippen molar-refractivity contribution in [2.45, 2.75) is 22.7 Å². The monoisotopic (exact) mass is 422 g/mol. The standard InChI is InChI=1S/C4H2F8O7S2.2Na/c5-1(6,3(9,10)20(13,14)15)19-2(7,8)4(11,12)21(16,17)18;;/h(H,13,14,15)(H,16,17,18);;/q;2*+1/p-2. The molecule has 7 nitrogen and oxygen atoms in total. The van der Waals surface area contributed by atoms with E-state index in [2.05, 4.69) is 0 Å². The number of rotatable bonds is 6. The molecule has 0 radical (unpaired) electrons. The number of hydrogen-bond donors (Lipinski definition) is 0. The minimum atomic E-state index is -7.38. The summed E-state index contributed by atoms with van der Waals surface area (Å²) < 4.78 is 159. The fraction of sp³-hybridized carbons (Fsp3) is 1.00. The molecule has 0 aliphatic heterocycles. The molecule has 23 heavy (non-hydrogen) atoms. The second kappa shape index (κ2) is 7.85. The van der Waals surface area contributed by atoms with Crippen LogP contribution in [-0.4, -0.2) is 48.7 Å². The van der Waals surface area contributed by atoms with Crippen LogP contribution in [0.1, 0.15) is 0 Å². The Labute approximate surface area is 166 Å². The van der Waals surface area contributed by atoms with Gasteiger partial charge in [0.05, 0.1) is 0 Å². The number of ether oxygens (including phenoxy) is 1. The molecular formula is C4F8Na2O7S2. The average Bonchev–Trinajstić information content (AvgIpc) is 2.11. The molecule has 0 bridgehead atoms. The van der Waals surface area contributed by atoms with E-state index in [9.17, 15) is 61.1 Å². The minimum absolute atomic E-state index is 0. The Bertz CT molecular complexity index is 562. The van der Waals surface area contributed by atoms with Crippen molar-refractivity contribution in [1.82, 2.24) is 0 Å². The molecule has 0 aliphatic carbocycles. The van der Waals surface area contributed by atoms with Crippen LogP contribution in [0, 0.1) is 0 Å². The number of hydrogen-bond acceptors (Lipinski definition) is 7. The van der Waals surface area contributed by atoms with Gasteiger partial charge in [0.2, 0.25) is 0 Å². The normalized spacial score (nSPS) is 14.7. The molecule has 0 rings (SSSR count). The molecule has 0 N–H and O–H groups in total. The summed E-state index contributed by atoms with van der Waals surface area (Å²) in [6, 6.07) is 0. The number of halogens is 8. The van der Waals surface area contributed by atoms with E-state index in [-0.39, 0.29) is 59.1 Å². The predicted octanol–water partition coefficient (Wildman–Crippen LogP) is -5.53. The molecular weight excluding hydrogens is 422 g/mol. The van der Waals surface area contributed by atoms with E-state index in [1.165, 1.54) is 4.74 Å². The fourth-order valence-electron chi connectivity index (χ4n) is 0.571. The van der Waals surface area contributed by atoms with Crippen molar-refractivity contribution >= 4 is 20.2 Å². The molecule has 0 atom stereocenters. The van der Waals surface area contributed by atoms with Gasteiger partial charge in [0.25, 0.3) is 0 Å². The van der Waals surface area contributed by atoms with Gasteiger partial charge in [0, 0.05) is 0 Å². The topological polar surface area (TPSA) is 124 Å². The summed E-state index contributed by atoms with van der Waals surface area (Å²) in [6.45, 7) is 0. The number of alkyl halides is 8. The zero-order valence-corrected chi connectivity index (χ0v) is 16.3. The SMILES string of the molecule is O=S(=O)([O-])C(F)(F)C(F)(F)OC(F)(F)C(F)(F)S(=O)(=O)[O-].[Na+].[Na+]. The van der Waals surface area contributed by atoms with Crippen LogP contribution >= 0.6 is 0 Å². The quantitative estimate of drug-likeness (QED) is 0.238. The molecule has 0 saturated carbocycles. The van der Waals surface area contributed by atoms with E-state index in [4.69, 9.17) is 0 Å². The van der Waals surface area contributed by atoms with Crippen molar-refractivity contribution in [3.63, 3.8) is 0 Å². The largest absolute Gasteiger partial charge is 1.00 e. The first-order chi connectivity index (χ1) is 8.71. The van der Waals surface area contributed by atoms with Gasteiger partial charge >= 0.3 is 81.8 Å². The van der Waals surface area contributed by atoms with Crippen LogP contribution in [0.2, 0.25) is 0 Å². The van der Waals surface area contributed by atoms with Crippen LogP contribution in [0.25, 0.3) is 0 Å². The van der Waals surface area contributed by atoms with Crippen molar-refractivity contribution in [1.29, 1.82) is 0 Å². The van der Waals surface area contributed by atoms with Gasteiger partial charge in [-0.3, -0.25) is 0 Å². The maximum Gasteiger partial charge on any atom is 1.00 e. The van der Waals surface area contributed by atoms with Gasteiger partial charge in [-0.2, -0.15) is 35.1 Å². The second-order valence-corrected chi connectivity index (χ2v) is 5.92. The van der Waals surface area contributed by atoms with Gasteiger partial charge in [-0.05, 0) is 0 Å². The first-order valence-corrected chi connectivity index (χ1v) is 6.64. The van der Waals surface area contributed by atoms with Gasteiger partial charge in [-0.25, -0.2) is 21.6 Å². The summed E-state index contributed by atoms with van der Waals surface area (Å²) in [7, 11) is -14.8. The zero-order valence-electron chi connectivity index (χ0n) is 10.7. The van der Waals surface area contributed by atoms with Crippen LogP contribution in [0.15, 0.2) is 0 Å². The zero-order chi connectivity index (χ0) is 17.7. The van der Waals surface area contributed by atoms with E-state index in [0.29, 0.717) is 0 Å². The average molecular weight is 422 g/mol. The van der Waals surface area contributed by atoms with Crippen molar-refractivity contribution in [2.24, 2.45) is 0 Å². The molecule has 19 heteroatoms. The summed E-state index contributed by atoms with van der Waals surface area (Å²) in [5.41, 5.74) is 0. The van der Waals surface area contributed by atoms with Crippen LogP contribution in [0.4, 0.5) is 35.1 Å². The fourth-order valence-corrected chi connectivity index (χ4v) is 1.24. The third kappa shape index (κ3) is 5.60. The third-order valence-corrected chi connectivity index (χ3v) is 3.29. The van der Waals surface area contributed by atoms with Gasteiger partial charge in [0.15, 0.2) is 20.2 Å². The van der Waals surface area contributed by atoms with Crippen LogP contribution in [0.3, 0.4) is 0 Å². The van der Waals surface area contributed by atoms with Crippen molar-refractivity contribution in [3.8, 4) is 0 Å². The Morgan fingerprint density at radius 2 is 0.783 bits per heavy atom. The Hall–Kier alpha value is 1.22. The third-order valence-electron chi connectivity index (χ3n) is 1.56. The van der Waals surface area contributed by atoms with Gasteiger partial charge in [-0.1, -0.05) is 0 Å². The van der Waals surface area contributed by atoms with Gasteiger partial charge in [-0.15, -0.1) is 0 Å². The Morgan fingerprint density at radius 1 is 0.609 bits per heavy atom. The predicted molar refractivity (Wildman–Crippen MR) is 40.3 cm³/mol. The summed E-state index contributed by atoms with van der Waals surface area (Å²) in [5.74, 6) is 0.